The summed E-state index contributed by atoms with van der Waals surface area (Å²) in [6.07, 6.45) is 4.54. The van der Waals surface area contributed by atoms with Crippen LogP contribution in [0.25, 0.3) is 10.9 Å². The summed E-state index contributed by atoms with van der Waals surface area (Å²) in [6.45, 7) is 7.66. The molecule has 1 N–H and O–H groups in total. The first-order valence-electron chi connectivity index (χ1n) is 11.5. The molecule has 0 unspecified atom stereocenters. The van der Waals surface area contributed by atoms with Gasteiger partial charge in [-0.25, -0.2) is 0 Å². The molecular formula is C26H33N3O. The van der Waals surface area contributed by atoms with Gasteiger partial charge in [0.05, 0.1) is 12.6 Å². The van der Waals surface area contributed by atoms with Crippen molar-refractivity contribution in [1.82, 2.24) is 9.47 Å². The Balaban J connectivity index is 1.23. The van der Waals surface area contributed by atoms with Gasteiger partial charge < -0.3 is 14.6 Å². The number of nitrogens with zero attached hydrogens (tertiary/aromatic N) is 3. The number of aryl methyl sites for hydroxylation is 2. The van der Waals surface area contributed by atoms with Gasteiger partial charge in [-0.3, -0.25) is 4.90 Å². The number of hydrogen-bond acceptors (Lipinski definition) is 3. The standard InChI is InChI=1S/C26H33N3O/c1-20-10-12-21(13-11-20)28-16-14-27(15-17-28)18-22(30)19-29-25-8-4-2-6-23(25)24-7-3-5-9-26(24)29/h2,4,6,8,10-13,22,30H,3,5,7,9,14-19H2,1H3/t22-/m0/s1. The van der Waals surface area contributed by atoms with E-state index < -0.39 is 0 Å². The monoisotopic (exact) mass is 403 g/mol. The highest BCUT2D eigenvalue weighted by Gasteiger charge is 2.23. The number of benzene rings is 2. The summed E-state index contributed by atoms with van der Waals surface area (Å²) < 4.78 is 2.41. The average molecular weight is 404 g/mol. The number of rotatable bonds is 5. The zero-order valence-electron chi connectivity index (χ0n) is 18.1. The van der Waals surface area contributed by atoms with Crippen molar-refractivity contribution in [3.8, 4) is 0 Å². The van der Waals surface area contributed by atoms with Crippen LogP contribution in [0.15, 0.2) is 48.5 Å². The molecule has 0 radical (unpaired) electrons. The quantitative estimate of drug-likeness (QED) is 0.698. The van der Waals surface area contributed by atoms with Crippen molar-refractivity contribution in [2.75, 3.05) is 37.6 Å². The Morgan fingerprint density at radius 1 is 0.867 bits per heavy atom. The number of aromatic nitrogens is 1. The Labute approximate surface area is 179 Å². The fourth-order valence-electron chi connectivity index (χ4n) is 5.31. The third-order valence-electron chi connectivity index (χ3n) is 6.92. The highest BCUT2D eigenvalue weighted by Crippen LogP contribution is 2.32. The van der Waals surface area contributed by atoms with Gasteiger partial charge in [-0.2, -0.15) is 0 Å². The Kier molecular flexibility index (Phi) is 5.53. The fourth-order valence-corrected chi connectivity index (χ4v) is 5.31. The van der Waals surface area contributed by atoms with Crippen LogP contribution in [0.2, 0.25) is 0 Å². The van der Waals surface area contributed by atoms with Crippen LogP contribution in [-0.4, -0.2) is 53.4 Å². The zero-order chi connectivity index (χ0) is 20.5. The van der Waals surface area contributed by atoms with Crippen molar-refractivity contribution in [3.05, 3.63) is 65.4 Å². The van der Waals surface area contributed by atoms with Gasteiger partial charge in [-0.05, 0) is 56.4 Å². The number of aliphatic hydroxyl groups excluding tert-OH is 1. The molecule has 0 spiro atoms. The highest BCUT2D eigenvalue weighted by atomic mass is 16.3. The molecule has 1 atom stereocenters. The van der Waals surface area contributed by atoms with Crippen LogP contribution in [0.5, 0.6) is 0 Å². The summed E-state index contributed by atoms with van der Waals surface area (Å²) >= 11 is 0. The molecule has 30 heavy (non-hydrogen) atoms. The maximum absolute atomic E-state index is 11.0. The Morgan fingerprint density at radius 3 is 2.40 bits per heavy atom. The smallest absolute Gasteiger partial charge is 0.0845 e. The van der Waals surface area contributed by atoms with E-state index in [1.54, 1.807) is 0 Å². The topological polar surface area (TPSA) is 31.6 Å². The Morgan fingerprint density at radius 2 is 1.60 bits per heavy atom. The van der Waals surface area contributed by atoms with Crippen LogP contribution in [-0.2, 0) is 19.4 Å². The second-order valence-electron chi connectivity index (χ2n) is 9.04. The van der Waals surface area contributed by atoms with Crippen molar-refractivity contribution < 1.29 is 5.11 Å². The first-order valence-corrected chi connectivity index (χ1v) is 11.5. The number of hydrogen-bond donors (Lipinski definition) is 1. The van der Waals surface area contributed by atoms with Crippen LogP contribution in [0.4, 0.5) is 5.69 Å². The van der Waals surface area contributed by atoms with Crippen molar-refractivity contribution in [2.45, 2.75) is 45.3 Å². The van der Waals surface area contributed by atoms with Crippen LogP contribution in [0.3, 0.4) is 0 Å². The summed E-state index contributed by atoms with van der Waals surface area (Å²) in [7, 11) is 0. The molecule has 3 aromatic rings. The van der Waals surface area contributed by atoms with Crippen molar-refractivity contribution in [3.63, 3.8) is 0 Å². The summed E-state index contributed by atoms with van der Waals surface area (Å²) in [5.41, 5.74) is 6.90. The predicted molar refractivity (Wildman–Crippen MR) is 124 cm³/mol. The Hall–Kier alpha value is -2.30. The maximum Gasteiger partial charge on any atom is 0.0845 e. The molecule has 1 aliphatic carbocycles. The van der Waals surface area contributed by atoms with Gasteiger partial charge in [-0.15, -0.1) is 0 Å². The molecule has 2 aromatic carbocycles. The lowest BCUT2D eigenvalue weighted by molar-refractivity contribution is 0.0953. The molecule has 0 saturated carbocycles. The van der Waals surface area contributed by atoms with E-state index in [1.165, 1.54) is 52.7 Å². The largest absolute Gasteiger partial charge is 0.390 e. The SMILES string of the molecule is Cc1ccc(N2CCN(C[C@H](O)Cn3c4c(c5ccccc53)CCCC4)CC2)cc1. The van der Waals surface area contributed by atoms with E-state index in [0.717, 1.165) is 39.1 Å². The van der Waals surface area contributed by atoms with Gasteiger partial charge in [0.15, 0.2) is 0 Å². The summed E-state index contributed by atoms with van der Waals surface area (Å²) in [5, 5.41) is 12.4. The van der Waals surface area contributed by atoms with Gasteiger partial charge in [0.2, 0.25) is 0 Å². The number of piperazine rings is 1. The number of β-amino-alcohol motifs (C(OH)–C–C–N with tert-alkyl or cyclic N) is 1. The third kappa shape index (κ3) is 3.86. The summed E-state index contributed by atoms with van der Waals surface area (Å²) in [4.78, 5) is 4.88. The number of para-hydroxylation sites is 1. The first kappa shape index (κ1) is 19.7. The molecule has 158 valence electrons. The van der Waals surface area contributed by atoms with Crippen molar-refractivity contribution in [2.24, 2.45) is 0 Å². The van der Waals surface area contributed by atoms with E-state index in [-0.39, 0.29) is 6.10 Å². The molecule has 4 heteroatoms. The van der Waals surface area contributed by atoms with E-state index >= 15 is 0 Å². The van der Waals surface area contributed by atoms with E-state index in [4.69, 9.17) is 0 Å². The van der Waals surface area contributed by atoms with E-state index in [2.05, 4.69) is 69.8 Å². The maximum atomic E-state index is 11.0. The minimum absolute atomic E-state index is 0.335. The minimum atomic E-state index is -0.335. The first-order chi connectivity index (χ1) is 14.7. The molecule has 2 heterocycles. The molecule has 0 amide bonds. The second-order valence-corrected chi connectivity index (χ2v) is 9.04. The molecular weight excluding hydrogens is 370 g/mol. The van der Waals surface area contributed by atoms with E-state index in [1.807, 2.05) is 0 Å². The average Bonchev–Trinajstić information content (AvgIpc) is 3.09. The molecule has 1 saturated heterocycles. The lowest BCUT2D eigenvalue weighted by Gasteiger charge is -2.37. The fraction of sp³-hybridized carbons (Fsp3) is 0.462. The van der Waals surface area contributed by atoms with Crippen LogP contribution in [0, 0.1) is 6.92 Å². The van der Waals surface area contributed by atoms with Gasteiger partial charge >= 0.3 is 0 Å². The van der Waals surface area contributed by atoms with Crippen molar-refractivity contribution >= 4 is 16.6 Å². The number of fused-ring (bicyclic) bond motifs is 3. The highest BCUT2D eigenvalue weighted by molar-refractivity contribution is 5.85. The van der Waals surface area contributed by atoms with Crippen LogP contribution in [0.1, 0.15) is 29.7 Å². The van der Waals surface area contributed by atoms with Gasteiger partial charge in [0, 0.05) is 55.0 Å². The molecule has 5 rings (SSSR count). The molecule has 0 bridgehead atoms. The summed E-state index contributed by atoms with van der Waals surface area (Å²) in [6, 6.07) is 17.6. The van der Waals surface area contributed by atoms with Crippen LogP contribution >= 0.6 is 0 Å². The molecule has 1 fully saturated rings. The molecule has 2 aliphatic rings. The Bertz CT molecular complexity index is 999. The zero-order valence-corrected chi connectivity index (χ0v) is 18.1. The molecule has 4 nitrogen and oxygen atoms in total. The third-order valence-corrected chi connectivity index (χ3v) is 6.92. The van der Waals surface area contributed by atoms with Crippen LogP contribution < -0.4 is 4.90 Å². The van der Waals surface area contributed by atoms with Gasteiger partial charge in [0.1, 0.15) is 0 Å². The summed E-state index contributed by atoms with van der Waals surface area (Å²) in [5.74, 6) is 0. The molecule has 1 aromatic heterocycles. The lowest BCUT2D eigenvalue weighted by atomic mass is 9.95. The number of aliphatic hydroxyl groups is 1. The minimum Gasteiger partial charge on any atom is -0.390 e. The predicted octanol–water partition coefficient (Wildman–Crippen LogP) is 4.01. The second kappa shape index (κ2) is 8.44. The van der Waals surface area contributed by atoms with E-state index in [0.29, 0.717) is 6.54 Å². The van der Waals surface area contributed by atoms with Gasteiger partial charge in [0.25, 0.3) is 0 Å². The molecule has 1 aliphatic heterocycles. The van der Waals surface area contributed by atoms with E-state index in [9.17, 15) is 5.11 Å². The van der Waals surface area contributed by atoms with Crippen molar-refractivity contribution in [1.29, 1.82) is 0 Å². The lowest BCUT2D eigenvalue weighted by Crippen LogP contribution is -2.49. The van der Waals surface area contributed by atoms with Gasteiger partial charge in [-0.1, -0.05) is 35.9 Å². The normalized spacial score (nSPS) is 18.5. The number of anilines is 1.